The van der Waals surface area contributed by atoms with Gasteiger partial charge in [0, 0.05) is 5.56 Å². The zero-order chi connectivity index (χ0) is 12.2. The highest BCUT2D eigenvalue weighted by molar-refractivity contribution is 6.30. The third-order valence-corrected chi connectivity index (χ3v) is 3.66. The zero-order valence-electron chi connectivity index (χ0n) is 9.73. The molecule has 0 spiro atoms. The highest BCUT2D eigenvalue weighted by atomic mass is 16.2. The molecule has 2 aliphatic heterocycles. The molecule has 2 amide bonds. The van der Waals surface area contributed by atoms with E-state index in [1.807, 2.05) is 25.1 Å². The van der Waals surface area contributed by atoms with E-state index in [1.165, 1.54) is 0 Å². The zero-order valence-corrected chi connectivity index (χ0v) is 9.73. The molecule has 17 heavy (non-hydrogen) atoms. The summed E-state index contributed by atoms with van der Waals surface area (Å²) in [6.07, 6.45) is 0.568. The van der Waals surface area contributed by atoms with Gasteiger partial charge in [-0.25, -0.2) is 0 Å². The van der Waals surface area contributed by atoms with E-state index in [0.29, 0.717) is 17.8 Å². The monoisotopic (exact) mass is 228 g/mol. The number of carbonyl (C=O) groups is 2. The number of carbonyl (C=O) groups excluding carboxylic acids is 2. The molecule has 0 N–H and O–H groups in total. The summed E-state index contributed by atoms with van der Waals surface area (Å²) < 4.78 is 0. The maximum absolute atomic E-state index is 12.3. The molecule has 0 aromatic heterocycles. The lowest BCUT2D eigenvalue weighted by atomic mass is 9.97. The fourth-order valence-corrected chi connectivity index (χ4v) is 2.39. The van der Waals surface area contributed by atoms with Gasteiger partial charge in [0.1, 0.15) is 11.4 Å². The SMILES string of the molecule is CC[C@@]1(C)C(=O)N=C2c3ccccc3C(=O)N21. The number of benzene rings is 1. The van der Waals surface area contributed by atoms with Gasteiger partial charge in [0.15, 0.2) is 0 Å². The molecule has 1 aromatic rings. The van der Waals surface area contributed by atoms with Gasteiger partial charge < -0.3 is 0 Å². The number of hydrogen-bond acceptors (Lipinski definition) is 2. The lowest BCUT2D eigenvalue weighted by molar-refractivity contribution is -0.124. The molecule has 1 aromatic carbocycles. The highest BCUT2D eigenvalue weighted by Gasteiger charge is 2.52. The van der Waals surface area contributed by atoms with Gasteiger partial charge in [0.25, 0.3) is 11.8 Å². The number of aliphatic imine (C=N–C) groups is 1. The molecule has 0 bridgehead atoms. The van der Waals surface area contributed by atoms with Gasteiger partial charge in [-0.3, -0.25) is 14.5 Å². The fraction of sp³-hybridized carbons (Fsp3) is 0.308. The van der Waals surface area contributed by atoms with Gasteiger partial charge in [-0.1, -0.05) is 25.1 Å². The Morgan fingerprint density at radius 2 is 1.88 bits per heavy atom. The van der Waals surface area contributed by atoms with Gasteiger partial charge in [0.2, 0.25) is 0 Å². The van der Waals surface area contributed by atoms with Crippen LogP contribution >= 0.6 is 0 Å². The summed E-state index contributed by atoms with van der Waals surface area (Å²) in [5.41, 5.74) is 0.590. The second kappa shape index (κ2) is 3.03. The van der Waals surface area contributed by atoms with Crippen LogP contribution in [0.4, 0.5) is 0 Å². The minimum atomic E-state index is -0.814. The predicted octanol–water partition coefficient (Wildman–Crippen LogP) is 1.60. The van der Waals surface area contributed by atoms with Crippen LogP contribution in [0.2, 0.25) is 0 Å². The molecule has 4 nitrogen and oxygen atoms in total. The molecule has 2 aliphatic rings. The Morgan fingerprint density at radius 1 is 1.24 bits per heavy atom. The van der Waals surface area contributed by atoms with Crippen molar-refractivity contribution in [3.05, 3.63) is 35.4 Å². The van der Waals surface area contributed by atoms with Crippen molar-refractivity contribution in [3.8, 4) is 0 Å². The maximum Gasteiger partial charge on any atom is 0.273 e. The normalized spacial score (nSPS) is 26.0. The van der Waals surface area contributed by atoms with Crippen molar-refractivity contribution in [1.82, 2.24) is 4.90 Å². The van der Waals surface area contributed by atoms with E-state index in [2.05, 4.69) is 4.99 Å². The standard InChI is InChI=1S/C13H12N2O2/c1-3-13(2)12(17)14-10-8-6-4-5-7-9(8)11(16)15(10)13/h4-7H,3H2,1-2H3/t13-/m0/s1. The van der Waals surface area contributed by atoms with Crippen molar-refractivity contribution in [3.63, 3.8) is 0 Å². The molecular weight excluding hydrogens is 216 g/mol. The molecule has 2 heterocycles. The quantitative estimate of drug-likeness (QED) is 0.733. The number of hydrogen-bond donors (Lipinski definition) is 0. The summed E-state index contributed by atoms with van der Waals surface area (Å²) >= 11 is 0. The van der Waals surface area contributed by atoms with Gasteiger partial charge in [0.05, 0.1) is 5.56 Å². The number of amides is 2. The smallest absolute Gasteiger partial charge is 0.273 e. The van der Waals surface area contributed by atoms with Crippen molar-refractivity contribution in [2.24, 2.45) is 4.99 Å². The molecule has 0 fully saturated rings. The first-order valence-corrected chi connectivity index (χ1v) is 5.66. The molecule has 0 aliphatic carbocycles. The third kappa shape index (κ3) is 1.05. The Labute approximate surface area is 99.0 Å². The summed E-state index contributed by atoms with van der Waals surface area (Å²) in [6.45, 7) is 3.67. The number of rotatable bonds is 1. The summed E-state index contributed by atoms with van der Waals surface area (Å²) in [6, 6.07) is 7.29. The van der Waals surface area contributed by atoms with Crippen molar-refractivity contribution in [2.45, 2.75) is 25.8 Å². The Hall–Kier alpha value is -1.97. The summed E-state index contributed by atoms with van der Waals surface area (Å²) in [5, 5.41) is 0. The van der Waals surface area contributed by atoms with Crippen LogP contribution in [-0.4, -0.2) is 28.1 Å². The van der Waals surface area contributed by atoms with E-state index in [9.17, 15) is 9.59 Å². The third-order valence-electron chi connectivity index (χ3n) is 3.66. The molecule has 86 valence electrons. The summed E-state index contributed by atoms with van der Waals surface area (Å²) in [4.78, 5) is 29.8. The largest absolute Gasteiger partial charge is 0.277 e. The number of amidine groups is 1. The second-order valence-corrected chi connectivity index (χ2v) is 4.55. The number of fused-ring (bicyclic) bond motifs is 3. The van der Waals surface area contributed by atoms with Gasteiger partial charge in [-0.2, -0.15) is 4.99 Å². The van der Waals surface area contributed by atoms with Crippen LogP contribution in [0.1, 0.15) is 36.2 Å². The maximum atomic E-state index is 12.3. The van der Waals surface area contributed by atoms with Crippen LogP contribution < -0.4 is 0 Å². The minimum absolute atomic E-state index is 0.116. The average molecular weight is 228 g/mol. The van der Waals surface area contributed by atoms with Crippen molar-refractivity contribution < 1.29 is 9.59 Å². The fourth-order valence-electron chi connectivity index (χ4n) is 2.39. The van der Waals surface area contributed by atoms with E-state index < -0.39 is 5.54 Å². The van der Waals surface area contributed by atoms with Crippen LogP contribution in [0, 0.1) is 0 Å². The van der Waals surface area contributed by atoms with Crippen LogP contribution in [0.15, 0.2) is 29.3 Å². The van der Waals surface area contributed by atoms with Crippen molar-refractivity contribution in [1.29, 1.82) is 0 Å². The molecule has 0 saturated carbocycles. The van der Waals surface area contributed by atoms with E-state index in [0.717, 1.165) is 5.56 Å². The van der Waals surface area contributed by atoms with Crippen molar-refractivity contribution >= 4 is 17.6 Å². The van der Waals surface area contributed by atoms with Gasteiger partial charge in [-0.05, 0) is 19.4 Å². The van der Waals surface area contributed by atoms with E-state index >= 15 is 0 Å². The molecular formula is C13H12N2O2. The van der Waals surface area contributed by atoms with E-state index in [1.54, 1.807) is 17.9 Å². The summed E-state index contributed by atoms with van der Waals surface area (Å²) in [7, 11) is 0. The molecule has 3 rings (SSSR count). The van der Waals surface area contributed by atoms with Crippen LogP contribution in [0.25, 0.3) is 0 Å². The lowest BCUT2D eigenvalue weighted by Gasteiger charge is -2.29. The molecule has 0 unspecified atom stereocenters. The Morgan fingerprint density at radius 3 is 2.53 bits per heavy atom. The average Bonchev–Trinajstić information content (AvgIpc) is 2.77. The summed E-state index contributed by atoms with van der Waals surface area (Å²) in [5.74, 6) is 0.173. The molecule has 1 atom stereocenters. The van der Waals surface area contributed by atoms with E-state index in [4.69, 9.17) is 0 Å². The first kappa shape index (κ1) is 10.2. The Bertz CT molecular complexity index is 577. The van der Waals surface area contributed by atoms with Crippen LogP contribution in [0.5, 0.6) is 0 Å². The molecule has 0 saturated heterocycles. The second-order valence-electron chi connectivity index (χ2n) is 4.55. The van der Waals surface area contributed by atoms with E-state index in [-0.39, 0.29) is 11.8 Å². The lowest BCUT2D eigenvalue weighted by Crippen LogP contribution is -2.49. The van der Waals surface area contributed by atoms with Gasteiger partial charge >= 0.3 is 0 Å². The van der Waals surface area contributed by atoms with Gasteiger partial charge in [-0.15, -0.1) is 0 Å². The van der Waals surface area contributed by atoms with Crippen LogP contribution in [0.3, 0.4) is 0 Å². The Balaban J connectivity index is 2.24. The van der Waals surface area contributed by atoms with Crippen molar-refractivity contribution in [2.75, 3.05) is 0 Å². The molecule has 4 heteroatoms. The van der Waals surface area contributed by atoms with Crippen LogP contribution in [-0.2, 0) is 4.79 Å². The minimum Gasteiger partial charge on any atom is -0.277 e. The topological polar surface area (TPSA) is 49.7 Å². The molecule has 0 radical (unpaired) electrons. The first-order valence-electron chi connectivity index (χ1n) is 5.66. The Kier molecular flexibility index (Phi) is 1.82. The predicted molar refractivity (Wildman–Crippen MR) is 62.9 cm³/mol. The highest BCUT2D eigenvalue weighted by Crippen LogP contribution is 2.36. The number of nitrogens with zero attached hydrogens (tertiary/aromatic N) is 2. The first-order chi connectivity index (χ1) is 8.09.